The third kappa shape index (κ3) is 4.60. The molecule has 2 aromatic carbocycles. The minimum atomic E-state index is -1.30. The number of unbranched alkanes of at least 4 members (excludes halogenated alkanes) is 1. The predicted molar refractivity (Wildman–Crippen MR) is 123 cm³/mol. The van der Waals surface area contributed by atoms with Crippen LogP contribution in [0.1, 0.15) is 31.7 Å². The highest BCUT2D eigenvalue weighted by atomic mass is 19.1. The van der Waals surface area contributed by atoms with Crippen LogP contribution in [0, 0.1) is 11.6 Å². The first-order valence-electron chi connectivity index (χ1n) is 11.5. The van der Waals surface area contributed by atoms with E-state index in [9.17, 15) is 23.2 Å². The van der Waals surface area contributed by atoms with Crippen LogP contribution in [0.2, 0.25) is 0 Å². The van der Waals surface area contributed by atoms with Crippen molar-refractivity contribution in [3.05, 3.63) is 65.7 Å². The molecule has 0 unspecified atom stereocenters. The Morgan fingerprint density at radius 1 is 0.941 bits per heavy atom. The molecule has 0 radical (unpaired) electrons. The topological polar surface area (TPSA) is 73.0 Å². The van der Waals surface area contributed by atoms with Gasteiger partial charge >= 0.3 is 6.03 Å². The van der Waals surface area contributed by atoms with E-state index < -0.39 is 23.3 Å². The van der Waals surface area contributed by atoms with Gasteiger partial charge in [0.25, 0.3) is 5.91 Å². The average molecular weight is 471 g/mol. The molecule has 2 saturated heterocycles. The molecule has 4 rings (SSSR count). The van der Waals surface area contributed by atoms with E-state index in [0.29, 0.717) is 44.6 Å². The molecule has 0 bridgehead atoms. The molecule has 34 heavy (non-hydrogen) atoms. The molecular formula is C25H28F2N4O3. The summed E-state index contributed by atoms with van der Waals surface area (Å²) in [6.07, 6.45) is 1.85. The number of urea groups is 1. The zero-order chi connectivity index (χ0) is 24.3. The number of halogens is 2. The normalized spacial score (nSPS) is 20.6. The molecule has 4 amide bonds. The summed E-state index contributed by atoms with van der Waals surface area (Å²) in [6, 6.07) is 11.1. The summed E-state index contributed by atoms with van der Waals surface area (Å²) in [4.78, 5) is 43.9. The zero-order valence-electron chi connectivity index (χ0n) is 19.1. The van der Waals surface area contributed by atoms with Gasteiger partial charge in [-0.1, -0.05) is 31.9 Å². The lowest BCUT2D eigenvalue weighted by Gasteiger charge is -2.36. The van der Waals surface area contributed by atoms with Gasteiger partial charge in [-0.15, -0.1) is 0 Å². The van der Waals surface area contributed by atoms with E-state index >= 15 is 0 Å². The number of hydrogen-bond donors (Lipinski definition) is 1. The van der Waals surface area contributed by atoms with Crippen LogP contribution in [0.25, 0.3) is 0 Å². The first kappa shape index (κ1) is 23.7. The Hall–Kier alpha value is -3.49. The van der Waals surface area contributed by atoms with E-state index in [1.807, 2.05) is 6.92 Å². The molecule has 1 N–H and O–H groups in total. The van der Waals surface area contributed by atoms with Crippen LogP contribution in [0.4, 0.5) is 19.3 Å². The van der Waals surface area contributed by atoms with Gasteiger partial charge in [0.1, 0.15) is 23.7 Å². The number of imide groups is 1. The highest BCUT2D eigenvalue weighted by Crippen LogP contribution is 2.34. The van der Waals surface area contributed by atoms with Gasteiger partial charge in [-0.05, 0) is 48.4 Å². The second kappa shape index (κ2) is 9.79. The van der Waals surface area contributed by atoms with Gasteiger partial charge < -0.3 is 15.1 Å². The molecule has 0 aromatic heterocycles. The maximum atomic E-state index is 13.5. The molecule has 7 nitrogen and oxygen atoms in total. The number of carbonyl (C=O) groups is 3. The first-order valence-corrected chi connectivity index (χ1v) is 11.5. The van der Waals surface area contributed by atoms with E-state index in [0.717, 1.165) is 17.0 Å². The highest BCUT2D eigenvalue weighted by molar-refractivity contribution is 6.09. The van der Waals surface area contributed by atoms with Crippen molar-refractivity contribution in [2.75, 3.05) is 37.6 Å². The lowest BCUT2D eigenvalue weighted by Crippen LogP contribution is -2.52. The van der Waals surface area contributed by atoms with Crippen LogP contribution in [0.15, 0.2) is 48.5 Å². The highest BCUT2D eigenvalue weighted by Gasteiger charge is 2.52. The minimum absolute atomic E-state index is 0.304. The number of anilines is 1. The van der Waals surface area contributed by atoms with Crippen molar-refractivity contribution >= 4 is 23.5 Å². The number of hydrogen-bond acceptors (Lipinski definition) is 4. The Bertz CT molecular complexity index is 1050. The maximum absolute atomic E-state index is 13.5. The molecule has 1 atom stereocenters. The Labute approximate surface area is 197 Å². The van der Waals surface area contributed by atoms with E-state index in [1.165, 1.54) is 36.4 Å². The fourth-order valence-electron chi connectivity index (χ4n) is 4.56. The largest absolute Gasteiger partial charge is 0.368 e. The standard InChI is InChI=1S/C25H28F2N4O3/c1-2-3-12-25(18-4-6-19(26)7-5-18)23(33)31(24(34)28-25)17-22(32)30-15-13-29(14-16-30)21-10-8-20(27)9-11-21/h4-11H,2-3,12-17H2,1H3,(H,28,34)/t25-/m0/s1. The van der Waals surface area contributed by atoms with Gasteiger partial charge in [-0.2, -0.15) is 0 Å². The third-order valence-electron chi connectivity index (χ3n) is 6.54. The molecule has 0 aliphatic carbocycles. The lowest BCUT2D eigenvalue weighted by atomic mass is 9.85. The van der Waals surface area contributed by atoms with Crippen molar-refractivity contribution in [3.8, 4) is 0 Å². The van der Waals surface area contributed by atoms with Gasteiger partial charge in [0.2, 0.25) is 5.91 Å². The zero-order valence-corrected chi connectivity index (χ0v) is 19.1. The summed E-state index contributed by atoms with van der Waals surface area (Å²) in [5.41, 5.74) is 0.0775. The fourth-order valence-corrected chi connectivity index (χ4v) is 4.56. The number of nitrogens with zero attached hydrogens (tertiary/aromatic N) is 3. The minimum Gasteiger partial charge on any atom is -0.368 e. The molecule has 2 heterocycles. The van der Waals surface area contributed by atoms with Crippen LogP contribution in [-0.4, -0.2) is 60.4 Å². The van der Waals surface area contributed by atoms with Crippen molar-refractivity contribution in [2.45, 2.75) is 31.7 Å². The van der Waals surface area contributed by atoms with Crippen molar-refractivity contribution in [3.63, 3.8) is 0 Å². The summed E-state index contributed by atoms with van der Waals surface area (Å²) in [5.74, 6) is -1.54. The Kier molecular flexibility index (Phi) is 6.81. The van der Waals surface area contributed by atoms with E-state index in [4.69, 9.17) is 0 Å². The second-order valence-corrected chi connectivity index (χ2v) is 8.68. The summed E-state index contributed by atoms with van der Waals surface area (Å²) in [5, 5.41) is 2.78. The van der Waals surface area contributed by atoms with Gasteiger partial charge in [-0.25, -0.2) is 13.6 Å². The Morgan fingerprint density at radius 3 is 2.12 bits per heavy atom. The number of rotatable bonds is 7. The van der Waals surface area contributed by atoms with E-state index in [1.54, 1.807) is 17.0 Å². The predicted octanol–water partition coefficient (Wildman–Crippen LogP) is 3.25. The van der Waals surface area contributed by atoms with Crippen molar-refractivity contribution in [2.24, 2.45) is 0 Å². The van der Waals surface area contributed by atoms with Crippen molar-refractivity contribution < 1.29 is 23.2 Å². The number of benzene rings is 2. The van der Waals surface area contributed by atoms with Gasteiger partial charge in [0.15, 0.2) is 0 Å². The van der Waals surface area contributed by atoms with Crippen LogP contribution in [0.5, 0.6) is 0 Å². The SMILES string of the molecule is CCCC[C@@]1(c2ccc(F)cc2)NC(=O)N(CC(=O)N2CCN(c3ccc(F)cc3)CC2)C1=O. The van der Waals surface area contributed by atoms with Crippen LogP contribution in [0.3, 0.4) is 0 Å². The Balaban J connectivity index is 1.43. The second-order valence-electron chi connectivity index (χ2n) is 8.68. The molecule has 9 heteroatoms. The molecule has 2 aromatic rings. The Morgan fingerprint density at radius 2 is 1.53 bits per heavy atom. The summed E-state index contributed by atoms with van der Waals surface area (Å²) in [7, 11) is 0. The molecule has 2 aliphatic heterocycles. The lowest BCUT2D eigenvalue weighted by molar-refractivity contribution is -0.139. The number of piperazine rings is 1. The number of nitrogens with one attached hydrogen (secondary N) is 1. The average Bonchev–Trinajstić information content (AvgIpc) is 3.08. The maximum Gasteiger partial charge on any atom is 0.325 e. The first-order chi connectivity index (χ1) is 16.3. The molecular weight excluding hydrogens is 442 g/mol. The third-order valence-corrected chi connectivity index (χ3v) is 6.54. The molecule has 0 saturated carbocycles. The molecule has 180 valence electrons. The summed E-state index contributed by atoms with van der Waals surface area (Å²) in [6.45, 7) is 3.61. The molecule has 0 spiro atoms. The fraction of sp³-hybridized carbons (Fsp3) is 0.400. The van der Waals surface area contributed by atoms with Crippen LogP contribution in [-0.2, 0) is 15.1 Å². The monoisotopic (exact) mass is 470 g/mol. The summed E-state index contributed by atoms with van der Waals surface area (Å²) < 4.78 is 26.7. The molecule has 2 aliphatic rings. The van der Waals surface area contributed by atoms with Gasteiger partial charge in [0.05, 0.1) is 0 Å². The molecule has 2 fully saturated rings. The van der Waals surface area contributed by atoms with Crippen LogP contribution < -0.4 is 10.2 Å². The van der Waals surface area contributed by atoms with Gasteiger partial charge in [0, 0.05) is 31.9 Å². The van der Waals surface area contributed by atoms with E-state index in [2.05, 4.69) is 10.2 Å². The number of carbonyl (C=O) groups excluding carboxylic acids is 3. The van der Waals surface area contributed by atoms with Crippen LogP contribution >= 0.6 is 0 Å². The van der Waals surface area contributed by atoms with Gasteiger partial charge in [-0.3, -0.25) is 14.5 Å². The quantitative estimate of drug-likeness (QED) is 0.631. The summed E-state index contributed by atoms with van der Waals surface area (Å²) >= 11 is 0. The van der Waals surface area contributed by atoms with E-state index in [-0.39, 0.29) is 18.3 Å². The van der Waals surface area contributed by atoms with Crippen molar-refractivity contribution in [1.82, 2.24) is 15.1 Å². The smallest absolute Gasteiger partial charge is 0.325 e. The van der Waals surface area contributed by atoms with Crippen molar-refractivity contribution in [1.29, 1.82) is 0 Å². The number of amides is 4.